The van der Waals surface area contributed by atoms with Crippen molar-refractivity contribution in [3.63, 3.8) is 0 Å². The van der Waals surface area contributed by atoms with E-state index in [2.05, 4.69) is 20.3 Å². The van der Waals surface area contributed by atoms with Gasteiger partial charge in [-0.3, -0.25) is 0 Å². The molecule has 3 heterocycles. The van der Waals surface area contributed by atoms with Gasteiger partial charge in [0.15, 0.2) is 17.2 Å². The van der Waals surface area contributed by atoms with Crippen LogP contribution in [0.3, 0.4) is 0 Å². The Morgan fingerprint density at radius 2 is 1.76 bits per heavy atom. The second kappa shape index (κ2) is 6.99. The van der Waals surface area contributed by atoms with E-state index in [1.807, 2.05) is 60.0 Å². The van der Waals surface area contributed by atoms with Gasteiger partial charge in [0.05, 0.1) is 19.0 Å². The summed E-state index contributed by atoms with van der Waals surface area (Å²) in [5.41, 5.74) is 11.2. The van der Waals surface area contributed by atoms with Crippen LogP contribution in [0.5, 0.6) is 5.75 Å². The zero-order valence-electron chi connectivity index (χ0n) is 15.5. The van der Waals surface area contributed by atoms with Gasteiger partial charge in [0.1, 0.15) is 10.8 Å². The van der Waals surface area contributed by atoms with E-state index >= 15 is 0 Å². The van der Waals surface area contributed by atoms with Gasteiger partial charge < -0.3 is 10.5 Å². The minimum Gasteiger partial charge on any atom is -0.497 e. The largest absolute Gasteiger partial charge is 0.497 e. The van der Waals surface area contributed by atoms with Gasteiger partial charge in [0, 0.05) is 16.5 Å². The van der Waals surface area contributed by atoms with Crippen LogP contribution in [-0.2, 0) is 0 Å². The highest BCUT2D eigenvalue weighted by Gasteiger charge is 2.18. The number of anilines is 1. The standard InChI is InChI=1S/C21H16N6OS/c1-28-15-9-7-13(8-10-15)16-11-23-27-19(22)18(25-26-20(16)27)21-24-17(12-29-21)14-5-3-2-4-6-14/h2-12H,22H2,1H3. The van der Waals surface area contributed by atoms with Gasteiger partial charge in [0.25, 0.3) is 0 Å². The Labute approximate surface area is 170 Å². The monoisotopic (exact) mass is 400 g/mol. The van der Waals surface area contributed by atoms with E-state index < -0.39 is 0 Å². The molecule has 7 nitrogen and oxygen atoms in total. The first-order valence-corrected chi connectivity index (χ1v) is 9.78. The van der Waals surface area contributed by atoms with Crippen molar-refractivity contribution in [2.24, 2.45) is 0 Å². The first-order valence-electron chi connectivity index (χ1n) is 8.90. The number of methoxy groups -OCH3 is 1. The molecule has 0 spiro atoms. The van der Waals surface area contributed by atoms with Crippen LogP contribution in [0.4, 0.5) is 5.82 Å². The molecule has 0 fully saturated rings. The lowest BCUT2D eigenvalue weighted by molar-refractivity contribution is 0.415. The van der Waals surface area contributed by atoms with E-state index in [1.54, 1.807) is 17.8 Å². The number of nitrogen functional groups attached to an aromatic ring is 1. The molecule has 0 bridgehead atoms. The van der Waals surface area contributed by atoms with E-state index in [0.717, 1.165) is 28.1 Å². The lowest BCUT2D eigenvalue weighted by Crippen LogP contribution is -2.05. The summed E-state index contributed by atoms with van der Waals surface area (Å²) in [6.45, 7) is 0. The highest BCUT2D eigenvalue weighted by atomic mass is 32.1. The molecule has 3 aromatic heterocycles. The molecule has 0 unspecified atom stereocenters. The Kier molecular flexibility index (Phi) is 4.18. The number of rotatable bonds is 4. The molecule has 0 radical (unpaired) electrons. The fraction of sp³-hybridized carbons (Fsp3) is 0.0476. The molecule has 2 aromatic carbocycles. The Hall–Kier alpha value is -3.78. The Balaban J connectivity index is 1.55. The molecule has 0 aliphatic carbocycles. The quantitative estimate of drug-likeness (QED) is 0.487. The molecule has 0 aliphatic heterocycles. The van der Waals surface area contributed by atoms with Crippen molar-refractivity contribution >= 4 is 22.8 Å². The van der Waals surface area contributed by atoms with Crippen molar-refractivity contribution in [1.29, 1.82) is 0 Å². The first-order chi connectivity index (χ1) is 14.2. The minimum absolute atomic E-state index is 0.406. The number of nitrogens with two attached hydrogens (primary N) is 1. The summed E-state index contributed by atoms with van der Waals surface area (Å²) in [6.07, 6.45) is 1.74. The van der Waals surface area contributed by atoms with Crippen LogP contribution in [0.15, 0.2) is 66.2 Å². The van der Waals surface area contributed by atoms with Crippen LogP contribution >= 0.6 is 11.3 Å². The van der Waals surface area contributed by atoms with E-state index in [-0.39, 0.29) is 0 Å². The van der Waals surface area contributed by atoms with Gasteiger partial charge in [-0.2, -0.15) is 9.61 Å². The highest BCUT2D eigenvalue weighted by Crippen LogP contribution is 2.32. The van der Waals surface area contributed by atoms with Gasteiger partial charge in [-0.25, -0.2) is 4.98 Å². The summed E-state index contributed by atoms with van der Waals surface area (Å²) in [4.78, 5) is 4.68. The highest BCUT2D eigenvalue weighted by molar-refractivity contribution is 7.13. The van der Waals surface area contributed by atoms with Gasteiger partial charge in [-0.1, -0.05) is 42.5 Å². The summed E-state index contributed by atoms with van der Waals surface area (Å²) in [7, 11) is 1.64. The van der Waals surface area contributed by atoms with Gasteiger partial charge in [-0.15, -0.1) is 21.5 Å². The minimum atomic E-state index is 0.406. The number of thiazole rings is 1. The predicted molar refractivity (Wildman–Crippen MR) is 114 cm³/mol. The van der Waals surface area contributed by atoms with Crippen molar-refractivity contribution in [3.8, 4) is 38.8 Å². The van der Waals surface area contributed by atoms with Crippen LogP contribution < -0.4 is 10.5 Å². The van der Waals surface area contributed by atoms with E-state index in [1.165, 1.54) is 11.3 Å². The van der Waals surface area contributed by atoms with Crippen LogP contribution in [-0.4, -0.2) is 31.9 Å². The second-order valence-electron chi connectivity index (χ2n) is 6.36. The molecule has 0 saturated carbocycles. The Morgan fingerprint density at radius 1 is 0.966 bits per heavy atom. The third kappa shape index (κ3) is 2.99. The maximum atomic E-state index is 6.38. The third-order valence-corrected chi connectivity index (χ3v) is 5.49. The van der Waals surface area contributed by atoms with Crippen molar-refractivity contribution < 1.29 is 4.74 Å². The van der Waals surface area contributed by atoms with Crippen molar-refractivity contribution in [2.75, 3.05) is 12.8 Å². The second-order valence-corrected chi connectivity index (χ2v) is 7.22. The van der Waals surface area contributed by atoms with Crippen molar-refractivity contribution in [2.45, 2.75) is 0 Å². The van der Waals surface area contributed by atoms with Gasteiger partial charge in [-0.05, 0) is 17.7 Å². The summed E-state index contributed by atoms with van der Waals surface area (Å²) < 4.78 is 6.82. The molecule has 29 heavy (non-hydrogen) atoms. The van der Waals surface area contributed by atoms with E-state index in [4.69, 9.17) is 10.5 Å². The number of hydrogen-bond donors (Lipinski definition) is 1. The summed E-state index contributed by atoms with van der Waals surface area (Å²) in [6, 6.07) is 17.7. The van der Waals surface area contributed by atoms with Gasteiger partial charge in [0.2, 0.25) is 0 Å². The maximum absolute atomic E-state index is 6.38. The molecule has 5 rings (SSSR count). The number of fused-ring (bicyclic) bond motifs is 1. The molecule has 8 heteroatoms. The fourth-order valence-corrected chi connectivity index (χ4v) is 3.93. The average molecular weight is 400 g/mol. The zero-order chi connectivity index (χ0) is 19.8. The Bertz CT molecular complexity index is 1290. The van der Waals surface area contributed by atoms with Crippen LogP contribution in [0.1, 0.15) is 0 Å². The smallest absolute Gasteiger partial charge is 0.187 e. The maximum Gasteiger partial charge on any atom is 0.187 e. The van der Waals surface area contributed by atoms with E-state index in [9.17, 15) is 0 Å². The van der Waals surface area contributed by atoms with Crippen LogP contribution in [0.2, 0.25) is 0 Å². The molecule has 5 aromatic rings. The number of benzene rings is 2. The summed E-state index contributed by atoms with van der Waals surface area (Å²) in [5.74, 6) is 1.19. The lowest BCUT2D eigenvalue weighted by atomic mass is 10.1. The number of aromatic nitrogens is 5. The Morgan fingerprint density at radius 3 is 2.52 bits per heavy atom. The van der Waals surface area contributed by atoms with Crippen LogP contribution in [0, 0.1) is 0 Å². The van der Waals surface area contributed by atoms with Crippen LogP contribution in [0.25, 0.3) is 38.7 Å². The number of nitrogens with zero attached hydrogens (tertiary/aromatic N) is 5. The summed E-state index contributed by atoms with van der Waals surface area (Å²) in [5, 5.41) is 15.9. The fourth-order valence-electron chi connectivity index (χ4n) is 3.11. The molecule has 0 aliphatic rings. The molecule has 0 amide bonds. The predicted octanol–water partition coefficient (Wildman–Crippen LogP) is 4.17. The molecule has 0 saturated heterocycles. The average Bonchev–Trinajstić information content (AvgIpc) is 3.43. The SMILES string of the molecule is COc1ccc(-c2cnn3c(N)c(-c4nc(-c5ccccc5)cs4)nnc23)cc1. The molecule has 142 valence electrons. The normalized spacial score (nSPS) is 11.1. The topological polar surface area (TPSA) is 91.2 Å². The van der Waals surface area contributed by atoms with Gasteiger partial charge >= 0.3 is 0 Å². The van der Waals surface area contributed by atoms with E-state index in [0.29, 0.717) is 22.2 Å². The molecule has 0 atom stereocenters. The number of hydrogen-bond acceptors (Lipinski definition) is 7. The third-order valence-electron chi connectivity index (χ3n) is 4.64. The first kappa shape index (κ1) is 17.3. The lowest BCUT2D eigenvalue weighted by Gasteiger charge is -2.04. The molecular weight excluding hydrogens is 384 g/mol. The molecular formula is C21H16N6OS. The molecule has 2 N–H and O–H groups in total. The van der Waals surface area contributed by atoms with Crippen molar-refractivity contribution in [3.05, 3.63) is 66.2 Å². The summed E-state index contributed by atoms with van der Waals surface area (Å²) >= 11 is 1.48. The number of ether oxygens (including phenoxy) is 1. The zero-order valence-corrected chi connectivity index (χ0v) is 16.3. The van der Waals surface area contributed by atoms with Crippen molar-refractivity contribution in [1.82, 2.24) is 24.8 Å².